The lowest BCUT2D eigenvalue weighted by Gasteiger charge is -2.05. The summed E-state index contributed by atoms with van der Waals surface area (Å²) in [4.78, 5) is 13.4. The van der Waals surface area contributed by atoms with Crippen molar-refractivity contribution in [1.82, 2.24) is 4.98 Å². The second-order valence-electron chi connectivity index (χ2n) is 2.51. The van der Waals surface area contributed by atoms with Crippen molar-refractivity contribution in [3.63, 3.8) is 0 Å². The quantitative estimate of drug-likeness (QED) is 0.478. The smallest absolute Gasteiger partial charge is 0.258 e. The van der Waals surface area contributed by atoms with Crippen LogP contribution >= 0.6 is 31.9 Å². The maximum atomic E-state index is 12.4. The van der Waals surface area contributed by atoms with E-state index in [2.05, 4.69) is 36.8 Å². The summed E-state index contributed by atoms with van der Waals surface area (Å²) in [6.07, 6.45) is -2.77. The van der Waals surface area contributed by atoms with E-state index in [1.807, 2.05) is 0 Å². The summed E-state index contributed by atoms with van der Waals surface area (Å²) in [5.74, 6) is 0. The standard InChI is InChI=1S/C7H4Br2F2N2O2/c8-2-4-5(13(14)15)1-3(9)6(12-4)7(10)11/h1,7H,2H2. The van der Waals surface area contributed by atoms with Gasteiger partial charge in [0.2, 0.25) is 0 Å². The van der Waals surface area contributed by atoms with Gasteiger partial charge >= 0.3 is 0 Å². The van der Waals surface area contributed by atoms with Crippen LogP contribution in [-0.4, -0.2) is 9.91 Å². The van der Waals surface area contributed by atoms with E-state index in [9.17, 15) is 18.9 Å². The fraction of sp³-hybridized carbons (Fsp3) is 0.286. The first-order valence-electron chi connectivity index (χ1n) is 3.65. The first-order chi connectivity index (χ1) is 6.97. The molecule has 1 rings (SSSR count). The highest BCUT2D eigenvalue weighted by molar-refractivity contribution is 9.10. The van der Waals surface area contributed by atoms with Crippen LogP contribution in [0.3, 0.4) is 0 Å². The van der Waals surface area contributed by atoms with Gasteiger partial charge < -0.3 is 0 Å². The fourth-order valence-corrected chi connectivity index (χ4v) is 1.83. The van der Waals surface area contributed by atoms with Crippen molar-refractivity contribution in [3.8, 4) is 0 Å². The average molecular weight is 346 g/mol. The van der Waals surface area contributed by atoms with Gasteiger partial charge in [0.1, 0.15) is 11.4 Å². The summed E-state index contributed by atoms with van der Waals surface area (Å²) in [5, 5.41) is 10.6. The summed E-state index contributed by atoms with van der Waals surface area (Å²) in [5.41, 5.74) is -0.795. The van der Waals surface area contributed by atoms with Gasteiger partial charge in [-0.25, -0.2) is 13.8 Å². The second-order valence-corrected chi connectivity index (χ2v) is 3.93. The largest absolute Gasteiger partial charge is 0.292 e. The number of rotatable bonds is 3. The molecule has 0 radical (unpaired) electrons. The number of aromatic nitrogens is 1. The highest BCUT2D eigenvalue weighted by Gasteiger charge is 2.22. The Morgan fingerprint density at radius 1 is 1.60 bits per heavy atom. The second kappa shape index (κ2) is 4.93. The van der Waals surface area contributed by atoms with Gasteiger partial charge in [-0.15, -0.1) is 0 Å². The van der Waals surface area contributed by atoms with Crippen LogP contribution in [0.5, 0.6) is 0 Å². The fourth-order valence-electron chi connectivity index (χ4n) is 0.943. The third kappa shape index (κ3) is 2.69. The van der Waals surface area contributed by atoms with E-state index in [1.54, 1.807) is 0 Å². The Morgan fingerprint density at radius 2 is 2.20 bits per heavy atom. The van der Waals surface area contributed by atoms with Crippen LogP contribution < -0.4 is 0 Å². The molecule has 1 aromatic heterocycles. The predicted octanol–water partition coefficient (Wildman–Crippen LogP) is 3.58. The Hall–Kier alpha value is -0.630. The molecule has 0 fully saturated rings. The molecule has 0 N–H and O–H groups in total. The van der Waals surface area contributed by atoms with Gasteiger partial charge in [-0.2, -0.15) is 0 Å². The molecular weight excluding hydrogens is 342 g/mol. The normalized spacial score (nSPS) is 10.7. The summed E-state index contributed by atoms with van der Waals surface area (Å²) in [6, 6.07) is 1.03. The van der Waals surface area contributed by atoms with Gasteiger partial charge in [0.15, 0.2) is 0 Å². The van der Waals surface area contributed by atoms with Crippen molar-refractivity contribution in [2.45, 2.75) is 11.8 Å². The van der Waals surface area contributed by atoms with Crippen LogP contribution in [0.15, 0.2) is 10.5 Å². The summed E-state index contributed by atoms with van der Waals surface area (Å²) in [6.45, 7) is 0. The third-order valence-electron chi connectivity index (χ3n) is 1.59. The Bertz CT molecular complexity index is 401. The van der Waals surface area contributed by atoms with Crippen LogP contribution in [0.2, 0.25) is 0 Å². The van der Waals surface area contributed by atoms with E-state index < -0.39 is 17.0 Å². The number of hydrogen-bond acceptors (Lipinski definition) is 3. The molecule has 0 aromatic carbocycles. The molecule has 0 saturated heterocycles. The van der Waals surface area contributed by atoms with E-state index in [0.29, 0.717) is 0 Å². The predicted molar refractivity (Wildman–Crippen MR) is 56.2 cm³/mol. The Balaban J connectivity index is 3.35. The van der Waals surface area contributed by atoms with Crippen molar-refractivity contribution in [2.75, 3.05) is 0 Å². The summed E-state index contributed by atoms with van der Waals surface area (Å²) < 4.78 is 24.7. The third-order valence-corrected chi connectivity index (χ3v) is 2.76. The van der Waals surface area contributed by atoms with Crippen molar-refractivity contribution in [3.05, 3.63) is 32.0 Å². The van der Waals surface area contributed by atoms with E-state index in [-0.39, 0.29) is 21.2 Å². The van der Waals surface area contributed by atoms with Crippen molar-refractivity contribution < 1.29 is 13.7 Å². The minimum atomic E-state index is -2.77. The van der Waals surface area contributed by atoms with Crippen LogP contribution in [0.4, 0.5) is 14.5 Å². The van der Waals surface area contributed by atoms with Gasteiger partial charge in [-0.05, 0) is 15.9 Å². The summed E-state index contributed by atoms with van der Waals surface area (Å²) >= 11 is 5.77. The van der Waals surface area contributed by atoms with Crippen LogP contribution in [-0.2, 0) is 5.33 Å². The molecule has 0 atom stereocenters. The Labute approximate surface area is 100 Å². The summed E-state index contributed by atoms with van der Waals surface area (Å²) in [7, 11) is 0. The van der Waals surface area contributed by atoms with Crippen molar-refractivity contribution >= 4 is 37.5 Å². The Kier molecular flexibility index (Phi) is 4.09. The molecule has 0 bridgehead atoms. The van der Waals surface area contributed by atoms with Gasteiger partial charge in [0, 0.05) is 6.07 Å². The molecule has 82 valence electrons. The molecule has 15 heavy (non-hydrogen) atoms. The molecule has 0 aliphatic carbocycles. The molecule has 4 nitrogen and oxygen atoms in total. The van der Waals surface area contributed by atoms with Crippen molar-refractivity contribution in [1.29, 1.82) is 0 Å². The minimum Gasteiger partial charge on any atom is -0.258 e. The zero-order chi connectivity index (χ0) is 11.6. The van der Waals surface area contributed by atoms with E-state index in [1.165, 1.54) is 0 Å². The monoisotopic (exact) mass is 344 g/mol. The molecule has 0 aliphatic rings. The van der Waals surface area contributed by atoms with Crippen LogP contribution in [0.25, 0.3) is 0 Å². The first kappa shape index (κ1) is 12.4. The number of nitro groups is 1. The van der Waals surface area contributed by atoms with E-state index in [0.717, 1.165) is 6.07 Å². The number of nitrogens with zero attached hydrogens (tertiary/aromatic N) is 2. The average Bonchev–Trinajstić information content (AvgIpc) is 2.16. The maximum Gasteiger partial charge on any atom is 0.292 e. The number of alkyl halides is 3. The zero-order valence-corrected chi connectivity index (χ0v) is 10.3. The van der Waals surface area contributed by atoms with Gasteiger partial charge in [-0.1, -0.05) is 15.9 Å². The lowest BCUT2D eigenvalue weighted by atomic mass is 10.3. The molecule has 1 aromatic rings. The van der Waals surface area contributed by atoms with Crippen LogP contribution in [0.1, 0.15) is 17.8 Å². The highest BCUT2D eigenvalue weighted by Crippen LogP contribution is 2.31. The molecule has 0 unspecified atom stereocenters. The van der Waals surface area contributed by atoms with Crippen LogP contribution in [0, 0.1) is 10.1 Å². The maximum absolute atomic E-state index is 12.4. The zero-order valence-electron chi connectivity index (χ0n) is 7.08. The number of halogens is 4. The van der Waals surface area contributed by atoms with Gasteiger partial charge in [-0.3, -0.25) is 10.1 Å². The molecular formula is C7H4Br2F2N2O2. The van der Waals surface area contributed by atoms with Gasteiger partial charge in [0.25, 0.3) is 12.1 Å². The SMILES string of the molecule is O=[N+]([O-])c1cc(Br)c(C(F)F)nc1CBr. The lowest BCUT2D eigenvalue weighted by molar-refractivity contribution is -0.385. The molecule has 0 aliphatic heterocycles. The molecule has 0 spiro atoms. The molecule has 8 heteroatoms. The van der Waals surface area contributed by atoms with Crippen molar-refractivity contribution in [2.24, 2.45) is 0 Å². The topological polar surface area (TPSA) is 56.0 Å². The number of pyridine rings is 1. The lowest BCUT2D eigenvalue weighted by Crippen LogP contribution is -2.01. The first-order valence-corrected chi connectivity index (χ1v) is 5.56. The molecule has 0 amide bonds. The van der Waals surface area contributed by atoms with E-state index >= 15 is 0 Å². The minimum absolute atomic E-state index is 0.0153. The molecule has 1 heterocycles. The van der Waals surface area contributed by atoms with E-state index in [4.69, 9.17) is 0 Å². The van der Waals surface area contributed by atoms with Gasteiger partial charge in [0.05, 0.1) is 14.7 Å². The molecule has 0 saturated carbocycles. The number of hydrogen-bond donors (Lipinski definition) is 0. The highest BCUT2D eigenvalue weighted by atomic mass is 79.9. The Morgan fingerprint density at radius 3 is 2.60 bits per heavy atom.